The monoisotopic (exact) mass is 360 g/mol. The van der Waals surface area contributed by atoms with Crippen LogP contribution in [0.5, 0.6) is 0 Å². The Morgan fingerprint density at radius 3 is 0.960 bits per heavy atom. The van der Waals surface area contributed by atoms with Gasteiger partial charge in [-0.2, -0.15) is 0 Å². The molecule has 0 aromatic rings. The third-order valence-corrected chi connectivity index (χ3v) is 15.2. The van der Waals surface area contributed by atoms with Gasteiger partial charge in [-0.05, 0) is 113 Å². The summed E-state index contributed by atoms with van der Waals surface area (Å²) in [4.78, 5) is 0. The minimum atomic E-state index is -2.25. The van der Waals surface area contributed by atoms with Crippen molar-refractivity contribution in [3.8, 4) is 0 Å². The molecule has 0 aromatic carbocycles. The Hall–Kier alpha value is 0.137. The van der Waals surface area contributed by atoms with E-state index >= 15 is 0 Å². The molecule has 0 radical (unpaired) electrons. The molecule has 3 heteroatoms. The van der Waals surface area contributed by atoms with E-state index in [4.69, 9.17) is 8.85 Å². The summed E-state index contributed by atoms with van der Waals surface area (Å²) in [6, 6.07) is 0. The summed E-state index contributed by atoms with van der Waals surface area (Å²) in [5, 5.41) is 0.911. The van der Waals surface area contributed by atoms with Gasteiger partial charge in [-0.15, -0.1) is 0 Å². The molecule has 8 saturated carbocycles. The van der Waals surface area contributed by atoms with E-state index in [1.54, 1.807) is 0 Å². The van der Waals surface area contributed by atoms with Gasteiger partial charge in [0.05, 0.1) is 0 Å². The molecule has 25 heavy (non-hydrogen) atoms. The van der Waals surface area contributed by atoms with E-state index in [1.807, 2.05) is 0 Å². The zero-order valence-corrected chi connectivity index (χ0v) is 17.3. The highest BCUT2D eigenvalue weighted by atomic mass is 28.4. The Balaban J connectivity index is 1.46. The van der Waals surface area contributed by atoms with Gasteiger partial charge in [-0.25, -0.2) is 0 Å². The van der Waals surface area contributed by atoms with Crippen molar-refractivity contribution in [3.63, 3.8) is 0 Å². The van der Waals surface area contributed by atoms with E-state index in [2.05, 4.69) is 14.2 Å². The summed E-state index contributed by atoms with van der Waals surface area (Å²) < 4.78 is 13.5. The fourth-order valence-corrected chi connectivity index (χ4v) is 16.9. The molecule has 8 bridgehead atoms. The maximum atomic E-state index is 6.77. The van der Waals surface area contributed by atoms with E-state index in [0.717, 1.165) is 35.5 Å². The summed E-state index contributed by atoms with van der Waals surface area (Å²) in [7, 11) is 1.88. The molecule has 0 amide bonds. The van der Waals surface area contributed by atoms with Crippen molar-refractivity contribution in [1.82, 2.24) is 0 Å². The van der Waals surface area contributed by atoms with Gasteiger partial charge >= 0.3 is 8.56 Å². The van der Waals surface area contributed by atoms with Gasteiger partial charge in [0.2, 0.25) is 0 Å². The van der Waals surface area contributed by atoms with Gasteiger partial charge in [0, 0.05) is 24.3 Å². The molecular weight excluding hydrogens is 324 g/mol. The summed E-state index contributed by atoms with van der Waals surface area (Å²) in [5.74, 6) is 5.99. The lowest BCUT2D eigenvalue weighted by molar-refractivity contribution is -0.0368. The van der Waals surface area contributed by atoms with Crippen LogP contribution >= 0.6 is 0 Å². The van der Waals surface area contributed by atoms with E-state index < -0.39 is 8.56 Å². The summed E-state index contributed by atoms with van der Waals surface area (Å²) in [6.45, 7) is 0. The molecule has 8 aliphatic carbocycles. The Morgan fingerprint density at radius 2 is 0.760 bits per heavy atom. The van der Waals surface area contributed by atoms with Gasteiger partial charge in [0.15, 0.2) is 0 Å². The van der Waals surface area contributed by atoms with Crippen LogP contribution in [-0.4, -0.2) is 22.8 Å². The minimum Gasteiger partial charge on any atom is -0.397 e. The maximum absolute atomic E-state index is 6.77. The van der Waals surface area contributed by atoms with Crippen LogP contribution in [0, 0.1) is 35.5 Å². The fourth-order valence-electron chi connectivity index (χ4n) is 10.5. The summed E-state index contributed by atoms with van der Waals surface area (Å²) in [6.07, 6.45) is 17.9. The van der Waals surface area contributed by atoms with E-state index in [9.17, 15) is 0 Å². The first-order valence-electron chi connectivity index (χ1n) is 11.2. The number of rotatable bonds is 4. The van der Waals surface area contributed by atoms with Crippen LogP contribution in [0.25, 0.3) is 0 Å². The standard InChI is InChI=1S/C22H36O2Si/c1-23-25(24-2,21-9-15-3-16(10-21)5-17(4-15)11-21)22-12-18-6-19(13-22)8-20(7-18)14-22/h15-20H,3-14H2,1-2H3. The lowest BCUT2D eigenvalue weighted by Crippen LogP contribution is -2.68. The van der Waals surface area contributed by atoms with Crippen molar-refractivity contribution >= 4 is 8.56 Å². The van der Waals surface area contributed by atoms with Gasteiger partial charge in [0.25, 0.3) is 0 Å². The zero-order valence-electron chi connectivity index (χ0n) is 16.3. The molecule has 0 aliphatic heterocycles. The van der Waals surface area contributed by atoms with E-state index in [-0.39, 0.29) is 0 Å². The Morgan fingerprint density at radius 1 is 0.520 bits per heavy atom. The second-order valence-corrected chi connectivity index (χ2v) is 15.6. The minimum absolute atomic E-state index is 0.455. The molecular formula is C22H36O2Si. The van der Waals surface area contributed by atoms with Crippen molar-refractivity contribution in [2.24, 2.45) is 35.5 Å². The zero-order chi connectivity index (χ0) is 16.9. The van der Waals surface area contributed by atoms with Crippen LogP contribution in [0.15, 0.2) is 0 Å². The molecule has 0 aromatic heterocycles. The van der Waals surface area contributed by atoms with E-state index in [1.165, 1.54) is 77.0 Å². The van der Waals surface area contributed by atoms with Crippen molar-refractivity contribution in [2.45, 2.75) is 87.1 Å². The predicted octanol–water partition coefficient (Wildman–Crippen LogP) is 5.66. The first-order valence-corrected chi connectivity index (χ1v) is 13.0. The topological polar surface area (TPSA) is 18.5 Å². The first-order chi connectivity index (χ1) is 12.1. The highest BCUT2D eigenvalue weighted by Crippen LogP contribution is 2.77. The largest absolute Gasteiger partial charge is 0.397 e. The Labute approximate surface area is 154 Å². The molecule has 0 heterocycles. The highest BCUT2D eigenvalue weighted by molar-refractivity contribution is 6.74. The van der Waals surface area contributed by atoms with Crippen LogP contribution in [-0.2, 0) is 8.85 Å². The third-order valence-electron chi connectivity index (χ3n) is 10.0. The molecule has 0 spiro atoms. The van der Waals surface area contributed by atoms with Crippen LogP contribution in [0.3, 0.4) is 0 Å². The number of hydrogen-bond acceptors (Lipinski definition) is 2. The molecule has 8 aliphatic rings. The molecule has 0 saturated heterocycles. The smallest absolute Gasteiger partial charge is 0.350 e. The quantitative estimate of drug-likeness (QED) is 0.602. The lowest BCUT2D eigenvalue weighted by Gasteiger charge is -2.69. The van der Waals surface area contributed by atoms with Crippen LogP contribution < -0.4 is 0 Å². The van der Waals surface area contributed by atoms with Crippen molar-refractivity contribution in [3.05, 3.63) is 0 Å². The maximum Gasteiger partial charge on any atom is 0.350 e. The van der Waals surface area contributed by atoms with Gasteiger partial charge < -0.3 is 8.85 Å². The average molecular weight is 361 g/mol. The second kappa shape index (κ2) is 5.14. The van der Waals surface area contributed by atoms with E-state index in [0.29, 0.717) is 10.1 Å². The third kappa shape index (κ3) is 1.94. The molecule has 2 nitrogen and oxygen atoms in total. The van der Waals surface area contributed by atoms with Gasteiger partial charge in [-0.1, -0.05) is 0 Å². The highest BCUT2D eigenvalue weighted by Gasteiger charge is 2.74. The predicted molar refractivity (Wildman–Crippen MR) is 102 cm³/mol. The second-order valence-electron chi connectivity index (χ2n) is 11.4. The van der Waals surface area contributed by atoms with Crippen molar-refractivity contribution in [2.75, 3.05) is 14.2 Å². The summed E-state index contributed by atoms with van der Waals surface area (Å²) >= 11 is 0. The molecule has 8 rings (SSSR count). The van der Waals surface area contributed by atoms with Gasteiger partial charge in [0.1, 0.15) is 0 Å². The molecule has 0 N–H and O–H groups in total. The van der Waals surface area contributed by atoms with Crippen molar-refractivity contribution < 1.29 is 8.85 Å². The SMILES string of the molecule is CO[Si](OC)(C12CC3CC(CC(C3)C1)C2)C12CC3CC(CC(C3)C1)C2. The van der Waals surface area contributed by atoms with Crippen LogP contribution in [0.2, 0.25) is 10.1 Å². The normalized spacial score (nSPS) is 55.9. The molecule has 0 atom stereocenters. The fraction of sp³-hybridized carbons (Fsp3) is 1.00. The van der Waals surface area contributed by atoms with Gasteiger partial charge in [-0.3, -0.25) is 0 Å². The lowest BCUT2D eigenvalue weighted by atomic mass is 9.55. The summed E-state index contributed by atoms with van der Waals surface area (Å²) in [5.41, 5.74) is 0. The van der Waals surface area contributed by atoms with Crippen LogP contribution in [0.4, 0.5) is 0 Å². The molecule has 0 unspecified atom stereocenters. The Kier molecular flexibility index (Phi) is 3.32. The van der Waals surface area contributed by atoms with Crippen LogP contribution in [0.1, 0.15) is 77.0 Å². The van der Waals surface area contributed by atoms with Crippen molar-refractivity contribution in [1.29, 1.82) is 0 Å². The molecule has 140 valence electrons. The molecule has 8 fully saturated rings. The first kappa shape index (κ1) is 16.1. The number of hydrogen-bond donors (Lipinski definition) is 0. The Bertz CT molecular complexity index is 450. The average Bonchev–Trinajstić information content (AvgIpc) is 2.53.